The molecule has 0 spiro atoms. The van der Waals surface area contributed by atoms with Gasteiger partial charge in [0.2, 0.25) is 0 Å². The van der Waals surface area contributed by atoms with Crippen molar-refractivity contribution in [1.82, 2.24) is 0 Å². The molecule has 0 saturated heterocycles. The molecule has 1 aromatic carbocycles. The van der Waals surface area contributed by atoms with Gasteiger partial charge in [-0.05, 0) is 41.6 Å². The Morgan fingerprint density at radius 2 is 2.19 bits per heavy atom. The molecule has 0 fully saturated rings. The monoisotopic (exact) mass is 239 g/mol. The smallest absolute Gasteiger partial charge is 0.125 e. The number of fused-ring (bicyclic) bond motifs is 1. The summed E-state index contributed by atoms with van der Waals surface area (Å²) < 4.78 is 5.68. The molecule has 88 valence electrons. The Bertz CT molecular complexity index is 401. The highest BCUT2D eigenvalue weighted by Crippen LogP contribution is 2.36. The van der Waals surface area contributed by atoms with Crippen molar-refractivity contribution in [2.24, 2.45) is 11.1 Å². The van der Waals surface area contributed by atoms with E-state index in [1.165, 1.54) is 11.1 Å². The van der Waals surface area contributed by atoms with E-state index in [4.69, 9.17) is 22.1 Å². The third kappa shape index (κ3) is 2.33. The molecule has 1 heterocycles. The third-order valence-corrected chi connectivity index (χ3v) is 3.27. The van der Waals surface area contributed by atoms with Gasteiger partial charge in [0.05, 0.1) is 6.61 Å². The number of ether oxygens (including phenoxy) is 1. The summed E-state index contributed by atoms with van der Waals surface area (Å²) in [5, 5.41) is 0.798. The van der Waals surface area contributed by atoms with E-state index in [9.17, 15) is 0 Å². The van der Waals surface area contributed by atoms with Gasteiger partial charge in [0.15, 0.2) is 0 Å². The Balaban J connectivity index is 2.34. The lowest BCUT2D eigenvalue weighted by molar-refractivity contribution is 0.336. The van der Waals surface area contributed by atoms with E-state index in [0.717, 1.165) is 30.2 Å². The molecule has 0 saturated carbocycles. The van der Waals surface area contributed by atoms with Crippen LogP contribution in [0.2, 0.25) is 5.02 Å². The van der Waals surface area contributed by atoms with E-state index in [1.54, 1.807) is 0 Å². The predicted octanol–water partition coefficient (Wildman–Crippen LogP) is 2.80. The Kier molecular flexibility index (Phi) is 3.13. The lowest BCUT2D eigenvalue weighted by atomic mass is 9.85. The lowest BCUT2D eigenvalue weighted by Crippen LogP contribution is -2.26. The molecule has 0 unspecified atom stereocenters. The normalized spacial score (nSPS) is 14.8. The highest BCUT2D eigenvalue weighted by atomic mass is 35.5. The van der Waals surface area contributed by atoms with Crippen molar-refractivity contribution >= 4 is 11.6 Å². The highest BCUT2D eigenvalue weighted by molar-refractivity contribution is 6.30. The number of nitrogens with two attached hydrogens (primary N) is 1. The first kappa shape index (κ1) is 11.7. The van der Waals surface area contributed by atoms with Gasteiger partial charge < -0.3 is 10.5 Å². The van der Waals surface area contributed by atoms with Crippen LogP contribution in [0.25, 0.3) is 0 Å². The van der Waals surface area contributed by atoms with Crippen molar-refractivity contribution in [3.05, 3.63) is 28.3 Å². The molecule has 16 heavy (non-hydrogen) atoms. The number of hydrogen-bond acceptors (Lipinski definition) is 2. The van der Waals surface area contributed by atoms with Crippen LogP contribution in [0.4, 0.5) is 0 Å². The zero-order chi connectivity index (χ0) is 11.8. The summed E-state index contributed by atoms with van der Waals surface area (Å²) in [6.45, 7) is 5.75. The van der Waals surface area contributed by atoms with Crippen molar-refractivity contribution in [2.75, 3.05) is 13.2 Å². The highest BCUT2D eigenvalue weighted by Gasteiger charge is 2.23. The van der Waals surface area contributed by atoms with Gasteiger partial charge in [-0.1, -0.05) is 25.4 Å². The molecular weight excluding hydrogens is 222 g/mol. The van der Waals surface area contributed by atoms with Gasteiger partial charge in [0.25, 0.3) is 0 Å². The molecule has 1 aliphatic heterocycles. The summed E-state index contributed by atoms with van der Waals surface area (Å²) in [6, 6.07) is 4.01. The average molecular weight is 240 g/mol. The largest absolute Gasteiger partial charge is 0.493 e. The van der Waals surface area contributed by atoms with E-state index in [1.807, 2.05) is 12.1 Å². The summed E-state index contributed by atoms with van der Waals surface area (Å²) in [6.07, 6.45) is 1.87. The van der Waals surface area contributed by atoms with Crippen molar-refractivity contribution in [2.45, 2.75) is 26.7 Å². The summed E-state index contributed by atoms with van der Waals surface area (Å²) >= 11 is 6.11. The third-order valence-electron chi connectivity index (χ3n) is 3.05. The number of hydrogen-bond donors (Lipinski definition) is 1. The summed E-state index contributed by atoms with van der Waals surface area (Å²) in [7, 11) is 0. The lowest BCUT2D eigenvalue weighted by Gasteiger charge is -2.23. The van der Waals surface area contributed by atoms with Gasteiger partial charge in [0.1, 0.15) is 5.75 Å². The molecule has 0 amide bonds. The first-order chi connectivity index (χ1) is 7.52. The standard InChI is InChI=1S/C13H18ClNO/c1-13(2,8-15)7-10-6-11(14)5-9-3-4-16-12(9)10/h5-6H,3-4,7-8,15H2,1-2H3. The maximum Gasteiger partial charge on any atom is 0.125 e. The molecule has 2 N–H and O–H groups in total. The first-order valence-electron chi connectivity index (χ1n) is 5.66. The van der Waals surface area contributed by atoms with Crippen LogP contribution in [0.1, 0.15) is 25.0 Å². The molecule has 0 atom stereocenters. The van der Waals surface area contributed by atoms with E-state index < -0.39 is 0 Å². The van der Waals surface area contributed by atoms with Crippen LogP contribution in [0, 0.1) is 5.41 Å². The maximum atomic E-state index is 6.11. The summed E-state index contributed by atoms with van der Waals surface area (Å²) in [5.74, 6) is 1.03. The minimum Gasteiger partial charge on any atom is -0.493 e. The van der Waals surface area contributed by atoms with Crippen LogP contribution in [-0.2, 0) is 12.8 Å². The predicted molar refractivity (Wildman–Crippen MR) is 67.2 cm³/mol. The zero-order valence-electron chi connectivity index (χ0n) is 9.85. The molecule has 2 nitrogen and oxygen atoms in total. The van der Waals surface area contributed by atoms with Gasteiger partial charge in [-0.25, -0.2) is 0 Å². The quantitative estimate of drug-likeness (QED) is 0.881. The van der Waals surface area contributed by atoms with Crippen LogP contribution < -0.4 is 10.5 Å². The van der Waals surface area contributed by atoms with Gasteiger partial charge >= 0.3 is 0 Å². The van der Waals surface area contributed by atoms with E-state index in [2.05, 4.69) is 13.8 Å². The molecule has 0 aliphatic carbocycles. The molecule has 0 radical (unpaired) electrons. The molecule has 1 aromatic rings. The average Bonchev–Trinajstić information content (AvgIpc) is 2.65. The van der Waals surface area contributed by atoms with Gasteiger partial charge in [-0.15, -0.1) is 0 Å². The SMILES string of the molecule is CC(C)(CN)Cc1cc(Cl)cc2c1OCC2. The number of benzene rings is 1. The van der Waals surface area contributed by atoms with Crippen molar-refractivity contribution in [1.29, 1.82) is 0 Å². The topological polar surface area (TPSA) is 35.2 Å². The fourth-order valence-corrected chi connectivity index (χ4v) is 2.33. The number of halogens is 1. The Labute approximate surface area is 102 Å². The molecule has 0 aromatic heterocycles. The van der Waals surface area contributed by atoms with E-state index >= 15 is 0 Å². The molecular formula is C13H18ClNO. The van der Waals surface area contributed by atoms with Gasteiger partial charge in [0, 0.05) is 11.4 Å². The molecule has 3 heteroatoms. The molecule has 2 rings (SSSR count). The van der Waals surface area contributed by atoms with E-state index in [-0.39, 0.29) is 5.41 Å². The van der Waals surface area contributed by atoms with Crippen LogP contribution >= 0.6 is 11.6 Å². The van der Waals surface area contributed by atoms with Gasteiger partial charge in [-0.2, -0.15) is 0 Å². The molecule has 1 aliphatic rings. The Hall–Kier alpha value is -0.730. The minimum absolute atomic E-state index is 0.0877. The maximum absolute atomic E-state index is 6.11. The number of rotatable bonds is 3. The Morgan fingerprint density at radius 3 is 2.88 bits per heavy atom. The van der Waals surface area contributed by atoms with Crippen LogP contribution in [0.5, 0.6) is 5.75 Å². The summed E-state index contributed by atoms with van der Waals surface area (Å²) in [4.78, 5) is 0. The van der Waals surface area contributed by atoms with Crippen molar-refractivity contribution < 1.29 is 4.74 Å². The fraction of sp³-hybridized carbons (Fsp3) is 0.538. The van der Waals surface area contributed by atoms with Gasteiger partial charge in [-0.3, -0.25) is 0 Å². The van der Waals surface area contributed by atoms with Crippen LogP contribution in [-0.4, -0.2) is 13.2 Å². The second-order valence-corrected chi connectivity index (χ2v) is 5.63. The van der Waals surface area contributed by atoms with E-state index in [0.29, 0.717) is 6.54 Å². The second-order valence-electron chi connectivity index (χ2n) is 5.20. The second kappa shape index (κ2) is 4.27. The molecule has 0 bridgehead atoms. The zero-order valence-corrected chi connectivity index (χ0v) is 10.6. The summed E-state index contributed by atoms with van der Waals surface area (Å²) in [5.41, 5.74) is 8.27. The van der Waals surface area contributed by atoms with Crippen LogP contribution in [0.15, 0.2) is 12.1 Å². The fourth-order valence-electron chi connectivity index (χ4n) is 2.07. The van der Waals surface area contributed by atoms with Crippen molar-refractivity contribution in [3.8, 4) is 5.75 Å². The Morgan fingerprint density at radius 1 is 1.44 bits per heavy atom. The van der Waals surface area contributed by atoms with Crippen LogP contribution in [0.3, 0.4) is 0 Å². The van der Waals surface area contributed by atoms with Crippen molar-refractivity contribution in [3.63, 3.8) is 0 Å². The minimum atomic E-state index is 0.0877. The first-order valence-corrected chi connectivity index (χ1v) is 6.04.